The molecule has 2 atom stereocenters. The number of nitrogens with zero attached hydrogens (tertiary/aromatic N) is 1. The number of ether oxygens (including phenoxy) is 1. The molecule has 1 aliphatic heterocycles. The van der Waals surface area contributed by atoms with Crippen molar-refractivity contribution in [1.82, 2.24) is 4.42 Å². The Hall–Kier alpha value is -0.320. The van der Waals surface area contributed by atoms with Crippen LogP contribution in [0.25, 0.3) is 0 Å². The molecular formula is C7H12ClNO3. The quantitative estimate of drug-likeness (QED) is 0.476. The molecule has 0 aromatic rings. The number of rotatable bonds is 1. The Balaban J connectivity index is 2.62. The molecule has 0 aliphatic carbocycles. The van der Waals surface area contributed by atoms with Crippen LogP contribution in [-0.4, -0.2) is 41.3 Å². The summed E-state index contributed by atoms with van der Waals surface area (Å²) in [6.07, 6.45) is 0.699. The predicted octanol–water partition coefficient (Wildman–Crippen LogP) is 0.138. The number of methoxy groups -OCH3 is 1. The van der Waals surface area contributed by atoms with Crippen molar-refractivity contribution in [3.63, 3.8) is 0 Å². The summed E-state index contributed by atoms with van der Waals surface area (Å²) in [6.45, 7) is 0.610. The molecule has 0 radical (unpaired) electrons. The van der Waals surface area contributed by atoms with Crippen LogP contribution in [0.15, 0.2) is 0 Å². The number of piperidine rings is 1. The third-order valence-corrected chi connectivity index (χ3v) is 2.36. The second-order valence-corrected chi connectivity index (χ2v) is 3.24. The normalized spacial score (nSPS) is 31.6. The molecule has 0 aromatic heterocycles. The molecule has 1 saturated heterocycles. The summed E-state index contributed by atoms with van der Waals surface area (Å²) in [6, 6.07) is -0.703. The molecule has 70 valence electrons. The zero-order chi connectivity index (χ0) is 9.14. The number of esters is 1. The third-order valence-electron chi connectivity index (χ3n) is 1.98. The van der Waals surface area contributed by atoms with Crippen LogP contribution in [-0.2, 0) is 9.53 Å². The lowest BCUT2D eigenvalue weighted by Gasteiger charge is -2.31. The average molecular weight is 194 g/mol. The Morgan fingerprint density at radius 2 is 2.42 bits per heavy atom. The van der Waals surface area contributed by atoms with Crippen LogP contribution in [0.1, 0.15) is 12.8 Å². The molecule has 0 saturated carbocycles. The van der Waals surface area contributed by atoms with Gasteiger partial charge >= 0.3 is 5.97 Å². The van der Waals surface area contributed by atoms with Gasteiger partial charge in [0, 0.05) is 6.54 Å². The zero-order valence-corrected chi connectivity index (χ0v) is 7.62. The zero-order valence-electron chi connectivity index (χ0n) is 6.86. The fraction of sp³-hybridized carbons (Fsp3) is 0.857. The van der Waals surface area contributed by atoms with Crippen LogP contribution in [0.3, 0.4) is 0 Å². The van der Waals surface area contributed by atoms with E-state index in [1.807, 2.05) is 0 Å². The van der Waals surface area contributed by atoms with Gasteiger partial charge in [-0.2, -0.15) is 0 Å². The van der Waals surface area contributed by atoms with E-state index in [-0.39, 0.29) is 0 Å². The minimum atomic E-state index is -0.705. The highest BCUT2D eigenvalue weighted by Gasteiger charge is 2.35. The summed E-state index contributed by atoms with van der Waals surface area (Å²) in [5.74, 6) is -0.475. The molecule has 0 spiro atoms. The minimum absolute atomic E-state index is 0.475. The molecule has 0 bridgehead atoms. The van der Waals surface area contributed by atoms with Crippen LogP contribution >= 0.6 is 11.8 Å². The highest BCUT2D eigenvalue weighted by Crippen LogP contribution is 2.20. The van der Waals surface area contributed by atoms with Gasteiger partial charge in [-0.3, -0.25) is 4.79 Å². The third kappa shape index (κ3) is 1.88. The monoisotopic (exact) mass is 193 g/mol. The summed E-state index contributed by atoms with van der Waals surface area (Å²) >= 11 is 5.72. The molecule has 4 nitrogen and oxygen atoms in total. The van der Waals surface area contributed by atoms with E-state index in [1.54, 1.807) is 0 Å². The Kier molecular flexibility index (Phi) is 3.31. The SMILES string of the molecule is COC(=O)C1C(O)CCCN1Cl. The van der Waals surface area contributed by atoms with Crippen LogP contribution in [0, 0.1) is 0 Å². The number of aliphatic hydroxyl groups is 1. The topological polar surface area (TPSA) is 49.8 Å². The molecule has 1 heterocycles. The number of carbonyl (C=O) groups excluding carboxylic acids is 1. The fourth-order valence-electron chi connectivity index (χ4n) is 1.33. The summed E-state index contributed by atoms with van der Waals surface area (Å²) < 4.78 is 5.81. The van der Waals surface area contributed by atoms with Crippen molar-refractivity contribution in [3.05, 3.63) is 0 Å². The summed E-state index contributed by atoms with van der Waals surface area (Å²) in [5, 5.41) is 9.41. The first-order chi connectivity index (χ1) is 5.66. The molecule has 1 rings (SSSR count). The number of aliphatic hydroxyl groups excluding tert-OH is 1. The molecule has 1 aliphatic rings. The van der Waals surface area contributed by atoms with Crippen molar-refractivity contribution in [3.8, 4) is 0 Å². The van der Waals surface area contributed by atoms with Crippen molar-refractivity contribution < 1.29 is 14.6 Å². The van der Waals surface area contributed by atoms with Gasteiger partial charge in [0.15, 0.2) is 0 Å². The van der Waals surface area contributed by atoms with Crippen molar-refractivity contribution in [2.45, 2.75) is 25.0 Å². The van der Waals surface area contributed by atoms with E-state index in [0.29, 0.717) is 13.0 Å². The van der Waals surface area contributed by atoms with Gasteiger partial charge in [-0.15, -0.1) is 0 Å². The second kappa shape index (κ2) is 4.07. The minimum Gasteiger partial charge on any atom is -0.468 e. The molecule has 1 fully saturated rings. The van der Waals surface area contributed by atoms with Gasteiger partial charge in [0.25, 0.3) is 0 Å². The maximum atomic E-state index is 11.1. The van der Waals surface area contributed by atoms with Crippen molar-refractivity contribution in [1.29, 1.82) is 0 Å². The van der Waals surface area contributed by atoms with E-state index in [0.717, 1.165) is 6.42 Å². The predicted molar refractivity (Wildman–Crippen MR) is 43.6 cm³/mol. The van der Waals surface area contributed by atoms with Gasteiger partial charge in [0.05, 0.1) is 13.2 Å². The van der Waals surface area contributed by atoms with Gasteiger partial charge in [0.2, 0.25) is 0 Å². The van der Waals surface area contributed by atoms with Crippen LogP contribution < -0.4 is 0 Å². The first-order valence-electron chi connectivity index (χ1n) is 3.85. The average Bonchev–Trinajstić information content (AvgIpc) is 2.03. The van der Waals surface area contributed by atoms with Crippen LogP contribution in [0.4, 0.5) is 0 Å². The molecule has 1 N–H and O–H groups in total. The van der Waals surface area contributed by atoms with E-state index >= 15 is 0 Å². The lowest BCUT2D eigenvalue weighted by Crippen LogP contribution is -2.48. The van der Waals surface area contributed by atoms with Gasteiger partial charge in [-0.05, 0) is 24.6 Å². The summed E-state index contributed by atoms with van der Waals surface area (Å²) in [4.78, 5) is 11.1. The Labute approximate surface area is 76.2 Å². The Bertz CT molecular complexity index is 166. The smallest absolute Gasteiger partial charge is 0.327 e. The fourth-order valence-corrected chi connectivity index (χ4v) is 1.66. The van der Waals surface area contributed by atoms with E-state index < -0.39 is 18.1 Å². The number of carbonyl (C=O) groups is 1. The van der Waals surface area contributed by atoms with Crippen molar-refractivity contribution >= 4 is 17.7 Å². The van der Waals surface area contributed by atoms with E-state index in [4.69, 9.17) is 11.8 Å². The van der Waals surface area contributed by atoms with Gasteiger partial charge < -0.3 is 9.84 Å². The second-order valence-electron chi connectivity index (χ2n) is 2.80. The molecule has 2 unspecified atom stereocenters. The molecular weight excluding hydrogens is 182 g/mol. The molecule has 0 amide bonds. The van der Waals surface area contributed by atoms with Gasteiger partial charge in [0.1, 0.15) is 6.04 Å². The number of hydrogen-bond acceptors (Lipinski definition) is 4. The maximum absolute atomic E-state index is 11.1. The Morgan fingerprint density at radius 1 is 1.75 bits per heavy atom. The number of halogens is 1. The largest absolute Gasteiger partial charge is 0.468 e. The summed E-state index contributed by atoms with van der Waals surface area (Å²) in [7, 11) is 1.29. The summed E-state index contributed by atoms with van der Waals surface area (Å²) in [5.41, 5.74) is 0. The highest BCUT2D eigenvalue weighted by molar-refractivity contribution is 6.15. The van der Waals surface area contributed by atoms with Crippen LogP contribution in [0.2, 0.25) is 0 Å². The molecule has 0 aromatic carbocycles. The van der Waals surface area contributed by atoms with Gasteiger partial charge in [-0.1, -0.05) is 0 Å². The standard InChI is InChI=1S/C7H12ClNO3/c1-12-7(11)6-5(10)3-2-4-9(6)8/h5-6,10H,2-4H2,1H3. The molecule has 5 heteroatoms. The maximum Gasteiger partial charge on any atom is 0.327 e. The molecule has 12 heavy (non-hydrogen) atoms. The van der Waals surface area contributed by atoms with E-state index in [2.05, 4.69) is 4.74 Å². The lowest BCUT2D eigenvalue weighted by atomic mass is 10.0. The first-order valence-corrected chi connectivity index (χ1v) is 4.19. The Morgan fingerprint density at radius 3 is 2.92 bits per heavy atom. The highest BCUT2D eigenvalue weighted by atomic mass is 35.5. The van der Waals surface area contributed by atoms with E-state index in [1.165, 1.54) is 11.5 Å². The van der Waals surface area contributed by atoms with Gasteiger partial charge in [-0.25, -0.2) is 4.42 Å². The van der Waals surface area contributed by atoms with Crippen molar-refractivity contribution in [2.75, 3.05) is 13.7 Å². The van der Waals surface area contributed by atoms with E-state index in [9.17, 15) is 9.90 Å². The lowest BCUT2D eigenvalue weighted by molar-refractivity contribution is -0.150. The number of hydrogen-bond donors (Lipinski definition) is 1. The first kappa shape index (κ1) is 9.77. The van der Waals surface area contributed by atoms with Crippen molar-refractivity contribution in [2.24, 2.45) is 0 Å². The van der Waals surface area contributed by atoms with Crippen LogP contribution in [0.5, 0.6) is 0 Å².